The molecule has 0 radical (unpaired) electrons. The lowest BCUT2D eigenvalue weighted by molar-refractivity contribution is -0.136. The molecule has 0 bridgehead atoms. The Kier molecular flexibility index (Phi) is 8.08. The van der Waals surface area contributed by atoms with E-state index in [0.717, 1.165) is 5.56 Å². The van der Waals surface area contributed by atoms with E-state index in [2.05, 4.69) is 15.8 Å². The molecular formula is C23H19Cl2N3O4. The van der Waals surface area contributed by atoms with Crippen molar-refractivity contribution in [2.24, 2.45) is 5.10 Å². The van der Waals surface area contributed by atoms with Crippen LogP contribution in [0, 0.1) is 0 Å². The summed E-state index contributed by atoms with van der Waals surface area (Å²) < 4.78 is 11.2. The van der Waals surface area contributed by atoms with Crippen LogP contribution in [-0.4, -0.2) is 25.1 Å². The van der Waals surface area contributed by atoms with Gasteiger partial charge in [-0.1, -0.05) is 53.5 Å². The number of carbonyl (C=O) groups is 2. The molecule has 3 aromatic rings. The predicted molar refractivity (Wildman–Crippen MR) is 125 cm³/mol. The molecule has 0 aliphatic rings. The number of nitrogens with one attached hydrogen (secondary N) is 2. The van der Waals surface area contributed by atoms with Crippen LogP contribution < -0.4 is 20.2 Å². The summed E-state index contributed by atoms with van der Waals surface area (Å²) in [6.45, 7) is 0.397. The van der Waals surface area contributed by atoms with Gasteiger partial charge in [0.25, 0.3) is 0 Å². The van der Waals surface area contributed by atoms with Crippen molar-refractivity contribution in [1.82, 2.24) is 5.43 Å². The summed E-state index contributed by atoms with van der Waals surface area (Å²) in [4.78, 5) is 23.9. The number of hydrazone groups is 1. The second-order valence-electron chi connectivity index (χ2n) is 6.47. The van der Waals surface area contributed by atoms with Gasteiger partial charge < -0.3 is 14.8 Å². The van der Waals surface area contributed by atoms with E-state index in [1.807, 2.05) is 30.3 Å². The zero-order chi connectivity index (χ0) is 22.9. The normalized spacial score (nSPS) is 10.6. The molecule has 0 aliphatic heterocycles. The van der Waals surface area contributed by atoms with E-state index >= 15 is 0 Å². The monoisotopic (exact) mass is 471 g/mol. The van der Waals surface area contributed by atoms with E-state index < -0.39 is 11.8 Å². The Morgan fingerprint density at radius 1 is 0.938 bits per heavy atom. The summed E-state index contributed by atoms with van der Waals surface area (Å²) in [7, 11) is 1.53. The standard InChI is InChI=1S/C23H19Cl2N3O4/c1-31-21-11-16(7-10-20(21)32-14-15-5-3-2-4-6-15)13-26-28-23(30)22(29)27-17-8-9-18(24)19(25)12-17/h2-13H,14H2,1H3,(H,27,29)(H,28,30)/b26-13-. The minimum absolute atomic E-state index is 0.257. The first-order valence-corrected chi connectivity index (χ1v) is 10.2. The molecule has 7 nitrogen and oxygen atoms in total. The molecule has 0 aromatic heterocycles. The van der Waals surface area contributed by atoms with Gasteiger partial charge in [-0.15, -0.1) is 0 Å². The fraction of sp³-hybridized carbons (Fsp3) is 0.0870. The molecule has 2 N–H and O–H groups in total. The molecule has 32 heavy (non-hydrogen) atoms. The molecule has 0 aliphatic carbocycles. The highest BCUT2D eigenvalue weighted by Gasteiger charge is 2.13. The van der Waals surface area contributed by atoms with Gasteiger partial charge >= 0.3 is 11.8 Å². The number of hydrogen-bond donors (Lipinski definition) is 2. The largest absolute Gasteiger partial charge is 0.493 e. The maximum absolute atomic E-state index is 12.0. The van der Waals surface area contributed by atoms with Gasteiger partial charge in [0.15, 0.2) is 11.5 Å². The summed E-state index contributed by atoms with van der Waals surface area (Å²) >= 11 is 11.7. The Bertz CT molecular complexity index is 1140. The Balaban J connectivity index is 1.56. The molecule has 0 unspecified atom stereocenters. The first-order valence-electron chi connectivity index (χ1n) is 9.40. The summed E-state index contributed by atoms with van der Waals surface area (Å²) in [5.74, 6) is -0.767. The van der Waals surface area contributed by atoms with Gasteiger partial charge in [0.2, 0.25) is 0 Å². The van der Waals surface area contributed by atoms with Crippen LogP contribution in [0.4, 0.5) is 5.69 Å². The molecular weight excluding hydrogens is 453 g/mol. The summed E-state index contributed by atoms with van der Waals surface area (Å²) in [6, 6.07) is 19.4. The Labute approximate surface area is 194 Å². The van der Waals surface area contributed by atoms with Gasteiger partial charge in [0, 0.05) is 5.69 Å². The highest BCUT2D eigenvalue weighted by molar-refractivity contribution is 6.42. The quantitative estimate of drug-likeness (QED) is 0.297. The zero-order valence-electron chi connectivity index (χ0n) is 17.0. The van der Waals surface area contributed by atoms with E-state index in [1.54, 1.807) is 18.2 Å². The third-order valence-electron chi connectivity index (χ3n) is 4.19. The topological polar surface area (TPSA) is 89.0 Å². The predicted octanol–water partition coefficient (Wildman–Crippen LogP) is 4.67. The molecule has 0 saturated carbocycles. The van der Waals surface area contributed by atoms with Crippen LogP contribution in [-0.2, 0) is 16.2 Å². The van der Waals surface area contributed by atoms with Crippen LogP contribution >= 0.6 is 23.2 Å². The maximum Gasteiger partial charge on any atom is 0.329 e. The molecule has 0 heterocycles. The van der Waals surface area contributed by atoms with Gasteiger partial charge in [-0.05, 0) is 47.5 Å². The molecule has 0 spiro atoms. The number of halogens is 2. The number of anilines is 1. The van der Waals surface area contributed by atoms with Gasteiger partial charge in [-0.3, -0.25) is 9.59 Å². The number of hydrogen-bond acceptors (Lipinski definition) is 5. The van der Waals surface area contributed by atoms with E-state index in [1.165, 1.54) is 31.5 Å². The van der Waals surface area contributed by atoms with Crippen molar-refractivity contribution in [3.05, 3.63) is 87.9 Å². The number of carbonyl (C=O) groups excluding carboxylic acids is 2. The lowest BCUT2D eigenvalue weighted by Crippen LogP contribution is -2.32. The van der Waals surface area contributed by atoms with Crippen molar-refractivity contribution in [3.8, 4) is 11.5 Å². The van der Waals surface area contributed by atoms with Crippen molar-refractivity contribution in [1.29, 1.82) is 0 Å². The summed E-state index contributed by atoms with van der Waals surface area (Å²) in [5, 5.41) is 6.81. The van der Waals surface area contributed by atoms with Crippen molar-refractivity contribution in [2.45, 2.75) is 6.61 Å². The van der Waals surface area contributed by atoms with Crippen LogP contribution in [0.5, 0.6) is 11.5 Å². The van der Waals surface area contributed by atoms with E-state index in [4.69, 9.17) is 32.7 Å². The number of ether oxygens (including phenoxy) is 2. The number of rotatable bonds is 7. The SMILES string of the molecule is COc1cc(/C=N\NC(=O)C(=O)Nc2ccc(Cl)c(Cl)c2)ccc1OCc1ccccc1. The second-order valence-corrected chi connectivity index (χ2v) is 7.28. The average molecular weight is 472 g/mol. The number of nitrogens with zero attached hydrogens (tertiary/aromatic N) is 1. The van der Waals surface area contributed by atoms with Crippen LogP contribution in [0.3, 0.4) is 0 Å². The molecule has 164 valence electrons. The maximum atomic E-state index is 12.0. The van der Waals surface area contributed by atoms with Crippen molar-refractivity contribution < 1.29 is 19.1 Å². The lowest BCUT2D eigenvalue weighted by atomic mass is 10.2. The third-order valence-corrected chi connectivity index (χ3v) is 4.93. The second kappa shape index (κ2) is 11.2. The minimum Gasteiger partial charge on any atom is -0.493 e. The van der Waals surface area contributed by atoms with E-state index in [-0.39, 0.29) is 5.02 Å². The van der Waals surface area contributed by atoms with E-state index in [0.29, 0.717) is 34.4 Å². The van der Waals surface area contributed by atoms with Gasteiger partial charge in [-0.25, -0.2) is 5.43 Å². The first-order chi connectivity index (χ1) is 15.5. The fourth-order valence-electron chi connectivity index (χ4n) is 2.60. The highest BCUT2D eigenvalue weighted by Crippen LogP contribution is 2.28. The number of amides is 2. The van der Waals surface area contributed by atoms with Crippen LogP contribution in [0.25, 0.3) is 0 Å². The molecule has 0 atom stereocenters. The molecule has 0 saturated heterocycles. The third kappa shape index (κ3) is 6.47. The number of benzene rings is 3. The van der Waals surface area contributed by atoms with Gasteiger partial charge in [0.05, 0.1) is 23.4 Å². The zero-order valence-corrected chi connectivity index (χ0v) is 18.5. The Morgan fingerprint density at radius 3 is 2.44 bits per heavy atom. The minimum atomic E-state index is -0.942. The summed E-state index contributed by atoms with van der Waals surface area (Å²) in [6.07, 6.45) is 1.38. The van der Waals surface area contributed by atoms with Crippen molar-refractivity contribution >= 4 is 46.9 Å². The van der Waals surface area contributed by atoms with Crippen molar-refractivity contribution in [2.75, 3.05) is 12.4 Å². The molecule has 3 rings (SSSR count). The molecule has 2 amide bonds. The summed E-state index contributed by atoms with van der Waals surface area (Å²) in [5.41, 5.74) is 4.16. The lowest BCUT2D eigenvalue weighted by Gasteiger charge is -2.11. The van der Waals surface area contributed by atoms with Gasteiger partial charge in [0.1, 0.15) is 6.61 Å². The average Bonchev–Trinajstić information content (AvgIpc) is 2.81. The Hall–Kier alpha value is -3.55. The molecule has 0 fully saturated rings. The van der Waals surface area contributed by atoms with Crippen LogP contribution in [0.15, 0.2) is 71.8 Å². The molecule has 3 aromatic carbocycles. The smallest absolute Gasteiger partial charge is 0.329 e. The number of methoxy groups -OCH3 is 1. The van der Waals surface area contributed by atoms with Crippen molar-refractivity contribution in [3.63, 3.8) is 0 Å². The highest BCUT2D eigenvalue weighted by atomic mass is 35.5. The first kappa shape index (κ1) is 23.1. The van der Waals surface area contributed by atoms with Crippen LogP contribution in [0.2, 0.25) is 10.0 Å². The fourth-order valence-corrected chi connectivity index (χ4v) is 2.90. The molecule has 9 heteroatoms. The van der Waals surface area contributed by atoms with Crippen LogP contribution in [0.1, 0.15) is 11.1 Å². The van der Waals surface area contributed by atoms with Gasteiger partial charge in [-0.2, -0.15) is 5.10 Å². The van der Waals surface area contributed by atoms with E-state index in [9.17, 15) is 9.59 Å². The Morgan fingerprint density at radius 2 is 1.72 bits per heavy atom.